The van der Waals surface area contributed by atoms with Crippen molar-refractivity contribution in [3.8, 4) is 0 Å². The summed E-state index contributed by atoms with van der Waals surface area (Å²) in [5.74, 6) is 2.08. The minimum atomic E-state index is 0.558. The molecule has 2 aliphatic rings. The highest BCUT2D eigenvalue weighted by Gasteiger charge is 2.50. The van der Waals surface area contributed by atoms with Gasteiger partial charge in [0.2, 0.25) is 0 Å². The summed E-state index contributed by atoms with van der Waals surface area (Å²) in [5, 5.41) is 0. The Morgan fingerprint density at radius 3 is 2.08 bits per heavy atom. The lowest BCUT2D eigenvalue weighted by molar-refractivity contribution is 0.141. The zero-order valence-electron chi connectivity index (χ0n) is 8.98. The van der Waals surface area contributed by atoms with Gasteiger partial charge in [-0.25, -0.2) is 0 Å². The van der Waals surface area contributed by atoms with Crippen LogP contribution in [0, 0.1) is 22.7 Å². The van der Waals surface area contributed by atoms with Crippen molar-refractivity contribution in [1.29, 1.82) is 0 Å². The van der Waals surface area contributed by atoms with Crippen LogP contribution in [0.15, 0.2) is 0 Å². The van der Waals surface area contributed by atoms with E-state index in [0.29, 0.717) is 5.41 Å². The van der Waals surface area contributed by atoms with E-state index in [-0.39, 0.29) is 0 Å². The second kappa shape index (κ2) is 2.27. The SMILES string of the molecule is CC(C)(C)C1C[C@@]2(C)CC[C@@H]1C2. The second-order valence-electron chi connectivity index (χ2n) is 6.49. The van der Waals surface area contributed by atoms with Crippen LogP contribution in [0.25, 0.3) is 0 Å². The standard InChI is InChI=1S/C12H22/c1-11(2,3)10-8-12(4)6-5-9(10)7-12/h9-10H,5-8H2,1-4H3/t9-,10?,12+/m1/s1. The topological polar surface area (TPSA) is 0 Å². The summed E-state index contributed by atoms with van der Waals surface area (Å²) in [6.07, 6.45) is 6.04. The first-order chi connectivity index (χ1) is 5.41. The Balaban J connectivity index is 2.15. The lowest BCUT2D eigenvalue weighted by Crippen LogP contribution is -2.27. The van der Waals surface area contributed by atoms with Crippen molar-refractivity contribution in [3.05, 3.63) is 0 Å². The maximum Gasteiger partial charge on any atom is -0.0320 e. The maximum atomic E-state index is 2.50. The van der Waals surface area contributed by atoms with Crippen LogP contribution in [-0.4, -0.2) is 0 Å². The molecule has 2 fully saturated rings. The highest BCUT2D eigenvalue weighted by atomic mass is 14.6. The molecule has 0 N–H and O–H groups in total. The van der Waals surface area contributed by atoms with Gasteiger partial charge in [-0.05, 0) is 48.3 Å². The Morgan fingerprint density at radius 1 is 1.17 bits per heavy atom. The van der Waals surface area contributed by atoms with Gasteiger partial charge in [-0.2, -0.15) is 0 Å². The molecule has 0 saturated heterocycles. The fraction of sp³-hybridized carbons (Fsp3) is 1.00. The van der Waals surface area contributed by atoms with E-state index in [0.717, 1.165) is 17.3 Å². The van der Waals surface area contributed by atoms with Crippen LogP contribution in [-0.2, 0) is 0 Å². The molecule has 0 spiro atoms. The van der Waals surface area contributed by atoms with Gasteiger partial charge in [0.15, 0.2) is 0 Å². The summed E-state index contributed by atoms with van der Waals surface area (Å²) < 4.78 is 0. The molecule has 2 rings (SSSR count). The van der Waals surface area contributed by atoms with Crippen LogP contribution in [0.1, 0.15) is 53.4 Å². The van der Waals surface area contributed by atoms with Crippen molar-refractivity contribution in [2.45, 2.75) is 53.4 Å². The third-order valence-corrected chi connectivity index (χ3v) is 4.27. The zero-order chi connectivity index (χ0) is 8.98. The van der Waals surface area contributed by atoms with Crippen molar-refractivity contribution >= 4 is 0 Å². The Hall–Kier alpha value is 0. The molecule has 3 atom stereocenters. The first kappa shape index (κ1) is 8.59. The quantitative estimate of drug-likeness (QED) is 0.512. The largest absolute Gasteiger partial charge is 0.0599 e. The Bertz CT molecular complexity index is 187. The van der Waals surface area contributed by atoms with Gasteiger partial charge in [0.25, 0.3) is 0 Å². The molecule has 0 radical (unpaired) electrons. The van der Waals surface area contributed by atoms with Gasteiger partial charge in [-0.1, -0.05) is 27.7 Å². The Kier molecular flexibility index (Phi) is 1.63. The summed E-state index contributed by atoms with van der Waals surface area (Å²) in [5.41, 5.74) is 1.30. The van der Waals surface area contributed by atoms with Crippen LogP contribution in [0.3, 0.4) is 0 Å². The summed E-state index contributed by atoms with van der Waals surface area (Å²) in [4.78, 5) is 0. The molecular formula is C12H22. The first-order valence-corrected chi connectivity index (χ1v) is 5.41. The highest BCUT2D eigenvalue weighted by molar-refractivity contribution is 5.00. The van der Waals surface area contributed by atoms with Gasteiger partial charge in [0.05, 0.1) is 0 Å². The van der Waals surface area contributed by atoms with Crippen LogP contribution in [0.5, 0.6) is 0 Å². The van der Waals surface area contributed by atoms with Crippen molar-refractivity contribution in [1.82, 2.24) is 0 Å². The van der Waals surface area contributed by atoms with Gasteiger partial charge in [-0.15, -0.1) is 0 Å². The summed E-state index contributed by atoms with van der Waals surface area (Å²) in [6, 6.07) is 0. The fourth-order valence-electron chi connectivity index (χ4n) is 3.61. The molecule has 2 bridgehead atoms. The molecule has 2 saturated carbocycles. The van der Waals surface area contributed by atoms with Gasteiger partial charge >= 0.3 is 0 Å². The Labute approximate surface area is 76.7 Å². The maximum absolute atomic E-state index is 2.50. The molecule has 0 aliphatic heterocycles. The average molecular weight is 166 g/mol. The van der Waals surface area contributed by atoms with E-state index in [1.807, 2.05) is 0 Å². The number of fused-ring (bicyclic) bond motifs is 2. The summed E-state index contributed by atoms with van der Waals surface area (Å²) >= 11 is 0. The zero-order valence-corrected chi connectivity index (χ0v) is 8.98. The van der Waals surface area contributed by atoms with Crippen LogP contribution in [0.4, 0.5) is 0 Å². The third-order valence-electron chi connectivity index (χ3n) is 4.27. The molecule has 0 amide bonds. The van der Waals surface area contributed by atoms with E-state index in [4.69, 9.17) is 0 Å². The lowest BCUT2D eigenvalue weighted by Gasteiger charge is -2.36. The van der Waals surface area contributed by atoms with Crippen molar-refractivity contribution < 1.29 is 0 Å². The van der Waals surface area contributed by atoms with Gasteiger partial charge < -0.3 is 0 Å². The predicted molar refractivity (Wildman–Crippen MR) is 53.0 cm³/mol. The molecule has 1 unspecified atom stereocenters. The minimum absolute atomic E-state index is 0.558. The van der Waals surface area contributed by atoms with Crippen LogP contribution >= 0.6 is 0 Å². The minimum Gasteiger partial charge on any atom is -0.0599 e. The van der Waals surface area contributed by atoms with Crippen molar-refractivity contribution in [2.24, 2.45) is 22.7 Å². The van der Waals surface area contributed by atoms with Gasteiger partial charge in [0, 0.05) is 0 Å². The van der Waals surface area contributed by atoms with E-state index in [2.05, 4.69) is 27.7 Å². The highest BCUT2D eigenvalue weighted by Crippen LogP contribution is 2.60. The van der Waals surface area contributed by atoms with E-state index in [1.54, 1.807) is 0 Å². The Morgan fingerprint density at radius 2 is 1.83 bits per heavy atom. The fourth-order valence-corrected chi connectivity index (χ4v) is 3.61. The summed E-state index contributed by atoms with van der Waals surface area (Å²) in [7, 11) is 0. The van der Waals surface area contributed by atoms with E-state index in [9.17, 15) is 0 Å². The molecule has 70 valence electrons. The number of rotatable bonds is 0. The van der Waals surface area contributed by atoms with Crippen molar-refractivity contribution in [2.75, 3.05) is 0 Å². The normalized spacial score (nSPS) is 47.0. The van der Waals surface area contributed by atoms with E-state index >= 15 is 0 Å². The lowest BCUT2D eigenvalue weighted by atomic mass is 9.69. The second-order valence-corrected chi connectivity index (χ2v) is 6.49. The molecule has 0 heteroatoms. The molecule has 0 nitrogen and oxygen atoms in total. The van der Waals surface area contributed by atoms with Gasteiger partial charge in [-0.3, -0.25) is 0 Å². The molecule has 12 heavy (non-hydrogen) atoms. The van der Waals surface area contributed by atoms with E-state index < -0.39 is 0 Å². The summed E-state index contributed by atoms with van der Waals surface area (Å²) in [6.45, 7) is 9.75. The van der Waals surface area contributed by atoms with E-state index in [1.165, 1.54) is 25.7 Å². The van der Waals surface area contributed by atoms with Crippen LogP contribution in [0.2, 0.25) is 0 Å². The monoisotopic (exact) mass is 166 g/mol. The van der Waals surface area contributed by atoms with Crippen molar-refractivity contribution in [3.63, 3.8) is 0 Å². The molecule has 0 aromatic rings. The number of hydrogen-bond donors (Lipinski definition) is 0. The molecular weight excluding hydrogens is 144 g/mol. The van der Waals surface area contributed by atoms with Crippen LogP contribution < -0.4 is 0 Å². The molecule has 0 aromatic carbocycles. The van der Waals surface area contributed by atoms with Gasteiger partial charge in [0.1, 0.15) is 0 Å². The molecule has 2 aliphatic carbocycles. The third kappa shape index (κ3) is 1.20. The smallest absolute Gasteiger partial charge is 0.0320 e. The molecule has 0 aromatic heterocycles. The average Bonchev–Trinajstić information content (AvgIpc) is 2.39. The first-order valence-electron chi connectivity index (χ1n) is 5.41. The molecule has 0 heterocycles. The number of hydrogen-bond acceptors (Lipinski definition) is 0. The predicted octanol–water partition coefficient (Wildman–Crippen LogP) is 3.86.